The van der Waals surface area contributed by atoms with Gasteiger partial charge in [0.15, 0.2) is 0 Å². The molecular weight excluding hydrogens is 555 g/mol. The smallest absolute Gasteiger partial charge is 0.334 e. The number of hydrazine groups is 1. The van der Waals surface area contributed by atoms with Crippen molar-refractivity contribution < 1.29 is 19.5 Å². The van der Waals surface area contributed by atoms with Crippen LogP contribution >= 0.6 is 23.2 Å². The molecule has 2 N–H and O–H groups in total. The van der Waals surface area contributed by atoms with Gasteiger partial charge in [-0.05, 0) is 47.0 Å². The summed E-state index contributed by atoms with van der Waals surface area (Å²) in [6, 6.07) is 14.1. The van der Waals surface area contributed by atoms with Gasteiger partial charge in [-0.25, -0.2) is 14.8 Å². The van der Waals surface area contributed by atoms with Crippen LogP contribution < -0.4 is 5.32 Å². The Morgan fingerprint density at radius 1 is 1.05 bits per heavy atom. The quantitative estimate of drug-likeness (QED) is 0.461. The molecule has 5 rings (SSSR count). The Morgan fingerprint density at radius 3 is 2.50 bits per heavy atom. The van der Waals surface area contributed by atoms with E-state index in [0.29, 0.717) is 10.0 Å². The largest absolute Gasteiger partial charge is 0.508 e. The third kappa shape index (κ3) is 5.84. The average Bonchev–Trinajstić information content (AvgIpc) is 2.93. The summed E-state index contributed by atoms with van der Waals surface area (Å²) in [6.45, 7) is 0.500. The number of rotatable bonds is 6. The number of carbonyl (C=O) groups excluding carboxylic acids is 3. The van der Waals surface area contributed by atoms with E-state index in [1.54, 1.807) is 65.7 Å². The normalized spacial score (nSPS) is 19.5. The number of fused-ring (bicyclic) bond motifs is 1. The maximum Gasteiger partial charge on any atom is 0.334 e. The first kappa shape index (κ1) is 27.7. The monoisotopic (exact) mass is 582 g/mol. The highest BCUT2D eigenvalue weighted by molar-refractivity contribution is 6.42. The van der Waals surface area contributed by atoms with Crippen LogP contribution in [0.2, 0.25) is 10.0 Å². The minimum Gasteiger partial charge on any atom is -0.508 e. The predicted octanol–water partition coefficient (Wildman–Crippen LogP) is 3.27. The summed E-state index contributed by atoms with van der Waals surface area (Å²) < 4.78 is 0. The number of likely N-dealkylation sites (N-methyl/N-ethyl adjacent to an activating group) is 1. The van der Waals surface area contributed by atoms with Crippen LogP contribution in [-0.2, 0) is 29.1 Å². The third-order valence-corrected chi connectivity index (χ3v) is 7.78. The Bertz CT molecular complexity index is 1410. The van der Waals surface area contributed by atoms with Gasteiger partial charge in [-0.1, -0.05) is 47.5 Å². The molecule has 3 heterocycles. The second-order valence-corrected chi connectivity index (χ2v) is 10.6. The molecular formula is C28H28Cl2N6O4. The van der Waals surface area contributed by atoms with Crippen molar-refractivity contribution in [3.05, 3.63) is 93.7 Å². The first-order valence-corrected chi connectivity index (χ1v) is 13.5. The number of amides is 4. The number of carbonyl (C=O) groups is 3. The summed E-state index contributed by atoms with van der Waals surface area (Å²) in [5.74, 6) is -0.399. The summed E-state index contributed by atoms with van der Waals surface area (Å²) in [5, 5.41) is 16.5. The van der Waals surface area contributed by atoms with Crippen molar-refractivity contribution >= 4 is 41.0 Å². The fraction of sp³-hybridized carbons (Fsp3) is 0.286. The van der Waals surface area contributed by atoms with Crippen LogP contribution in [-0.4, -0.2) is 80.1 Å². The van der Waals surface area contributed by atoms with Crippen molar-refractivity contribution in [1.82, 2.24) is 30.1 Å². The Hall–Kier alpha value is -3.86. The zero-order chi connectivity index (χ0) is 28.4. The fourth-order valence-electron chi connectivity index (χ4n) is 5.12. The number of phenolic OH excluding ortho intramolecular Hbond substituents is 1. The van der Waals surface area contributed by atoms with Crippen LogP contribution in [0, 0.1) is 0 Å². The van der Waals surface area contributed by atoms with Crippen LogP contribution in [0.1, 0.15) is 16.7 Å². The van der Waals surface area contributed by atoms with E-state index in [9.17, 15) is 19.5 Å². The van der Waals surface area contributed by atoms with Gasteiger partial charge < -0.3 is 20.2 Å². The van der Waals surface area contributed by atoms with Crippen molar-refractivity contribution in [2.45, 2.75) is 31.7 Å². The zero-order valence-electron chi connectivity index (χ0n) is 21.7. The maximum atomic E-state index is 13.9. The minimum atomic E-state index is -0.860. The summed E-state index contributed by atoms with van der Waals surface area (Å²) in [7, 11) is 1.67. The van der Waals surface area contributed by atoms with Gasteiger partial charge in [0.1, 0.15) is 18.0 Å². The number of aromatic nitrogens is 1. The molecule has 0 radical (unpaired) electrons. The van der Waals surface area contributed by atoms with E-state index in [2.05, 4.69) is 10.3 Å². The molecule has 0 spiro atoms. The second kappa shape index (κ2) is 11.7. The minimum absolute atomic E-state index is 0.0665. The Balaban J connectivity index is 1.46. The first-order valence-electron chi connectivity index (χ1n) is 12.7. The number of pyridine rings is 1. The van der Waals surface area contributed by atoms with E-state index < -0.39 is 18.2 Å². The Labute approximate surface area is 241 Å². The van der Waals surface area contributed by atoms with Gasteiger partial charge in [0.25, 0.3) is 0 Å². The number of hydrogen-bond acceptors (Lipinski definition) is 6. The lowest BCUT2D eigenvalue weighted by molar-refractivity contribution is -0.187. The molecule has 4 amide bonds. The predicted molar refractivity (Wildman–Crippen MR) is 149 cm³/mol. The first-order chi connectivity index (χ1) is 19.2. The highest BCUT2D eigenvalue weighted by Crippen LogP contribution is 2.30. The molecule has 10 nitrogen and oxygen atoms in total. The molecule has 40 heavy (non-hydrogen) atoms. The molecule has 2 aromatic carbocycles. The van der Waals surface area contributed by atoms with Gasteiger partial charge in [-0.2, -0.15) is 0 Å². The molecule has 2 atom stereocenters. The summed E-state index contributed by atoms with van der Waals surface area (Å²) in [6.07, 6.45) is 2.79. The highest BCUT2D eigenvalue weighted by atomic mass is 35.5. The van der Waals surface area contributed by atoms with E-state index in [0.717, 1.165) is 16.7 Å². The molecule has 1 aromatic heterocycles. The molecule has 0 saturated carbocycles. The molecule has 2 fully saturated rings. The van der Waals surface area contributed by atoms with Gasteiger partial charge in [0, 0.05) is 39.0 Å². The van der Waals surface area contributed by atoms with E-state index in [-0.39, 0.29) is 50.2 Å². The summed E-state index contributed by atoms with van der Waals surface area (Å²) in [5.41, 5.74) is 2.36. The molecule has 0 bridgehead atoms. The van der Waals surface area contributed by atoms with Gasteiger partial charge in [-0.15, -0.1) is 0 Å². The van der Waals surface area contributed by atoms with E-state index in [4.69, 9.17) is 23.2 Å². The van der Waals surface area contributed by atoms with Gasteiger partial charge in [0.2, 0.25) is 11.8 Å². The topological polar surface area (TPSA) is 109 Å². The van der Waals surface area contributed by atoms with Crippen molar-refractivity contribution in [3.8, 4) is 5.75 Å². The van der Waals surface area contributed by atoms with Crippen molar-refractivity contribution in [2.24, 2.45) is 0 Å². The van der Waals surface area contributed by atoms with Crippen LogP contribution in [0.5, 0.6) is 5.75 Å². The standard InChI is InChI=1S/C28H28Cl2N6O4/c1-33-17-26(38)35-24(12-18-4-7-21(37)8-5-18)27(39)34(15-19-6-9-22(29)23(30)11-19)16-25(35)36(33)28(40)32-14-20-3-2-10-31-13-20/h2-11,13,24-25,37H,12,14-17H2,1H3,(H,32,40)/t24-,25?/m1/s1. The highest BCUT2D eigenvalue weighted by Gasteiger charge is 2.50. The lowest BCUT2D eigenvalue weighted by atomic mass is 9.98. The average molecular weight is 583 g/mol. The number of halogens is 2. The molecule has 2 aliphatic heterocycles. The lowest BCUT2D eigenvalue weighted by Gasteiger charge is -2.54. The van der Waals surface area contributed by atoms with Gasteiger partial charge >= 0.3 is 6.03 Å². The number of nitrogens with zero attached hydrogens (tertiary/aromatic N) is 5. The Kier molecular flexibility index (Phi) is 8.11. The molecule has 2 saturated heterocycles. The number of hydrogen-bond donors (Lipinski definition) is 2. The SMILES string of the molecule is CN1CC(=O)N2C(CN(Cc3ccc(Cl)c(Cl)c3)C(=O)[C@H]2Cc2ccc(O)cc2)N1C(=O)NCc1cccnc1. The van der Waals surface area contributed by atoms with E-state index in [1.165, 1.54) is 22.0 Å². The molecule has 0 aliphatic carbocycles. The molecule has 1 unspecified atom stereocenters. The third-order valence-electron chi connectivity index (χ3n) is 7.04. The number of piperazine rings is 1. The Morgan fingerprint density at radius 2 is 1.80 bits per heavy atom. The molecule has 208 valence electrons. The fourth-order valence-corrected chi connectivity index (χ4v) is 5.44. The number of urea groups is 1. The van der Waals surface area contributed by atoms with E-state index in [1.807, 2.05) is 6.07 Å². The van der Waals surface area contributed by atoms with Gasteiger partial charge in [-0.3, -0.25) is 14.6 Å². The van der Waals surface area contributed by atoms with E-state index >= 15 is 0 Å². The lowest BCUT2D eigenvalue weighted by Crippen LogP contribution is -2.76. The van der Waals surface area contributed by atoms with Crippen molar-refractivity contribution in [3.63, 3.8) is 0 Å². The molecule has 3 aromatic rings. The molecule has 12 heteroatoms. The number of benzene rings is 2. The van der Waals surface area contributed by atoms with Crippen molar-refractivity contribution in [2.75, 3.05) is 20.1 Å². The van der Waals surface area contributed by atoms with Crippen LogP contribution in [0.4, 0.5) is 4.79 Å². The summed E-state index contributed by atoms with van der Waals surface area (Å²) >= 11 is 12.3. The number of aromatic hydroxyl groups is 1. The van der Waals surface area contributed by atoms with Crippen LogP contribution in [0.25, 0.3) is 0 Å². The van der Waals surface area contributed by atoms with Crippen molar-refractivity contribution in [1.29, 1.82) is 0 Å². The van der Waals surface area contributed by atoms with Gasteiger partial charge in [0.05, 0.1) is 23.1 Å². The van der Waals surface area contributed by atoms with Crippen LogP contribution in [0.3, 0.4) is 0 Å². The molecule has 2 aliphatic rings. The summed E-state index contributed by atoms with van der Waals surface area (Å²) in [4.78, 5) is 48.1. The number of nitrogens with one attached hydrogen (secondary N) is 1. The van der Waals surface area contributed by atoms with Crippen LogP contribution in [0.15, 0.2) is 67.0 Å². The zero-order valence-corrected chi connectivity index (χ0v) is 23.2. The number of phenols is 1. The maximum absolute atomic E-state index is 13.9. The second-order valence-electron chi connectivity index (χ2n) is 9.82.